The third-order valence-electron chi connectivity index (χ3n) is 10.0. The Hall–Kier alpha value is -2.71. The Kier molecular flexibility index (Phi) is 6.92. The van der Waals surface area contributed by atoms with Crippen LogP contribution in [0.1, 0.15) is 91.4 Å². The van der Waals surface area contributed by atoms with E-state index in [9.17, 15) is 19.2 Å². The lowest BCUT2D eigenvalue weighted by Crippen LogP contribution is -2.51. The van der Waals surface area contributed by atoms with Crippen LogP contribution in [-0.4, -0.2) is 47.2 Å². The summed E-state index contributed by atoms with van der Waals surface area (Å²) in [5.74, 6) is -0.0951. The Balaban J connectivity index is 1.21. The topological polar surface area (TPSA) is 112 Å². The Morgan fingerprint density at radius 1 is 0.973 bits per heavy atom. The van der Waals surface area contributed by atoms with Crippen LogP contribution in [0.5, 0.6) is 0 Å². The normalized spacial score (nSPS) is 38.0. The van der Waals surface area contributed by atoms with Gasteiger partial charge in [-0.05, 0) is 80.6 Å². The van der Waals surface area contributed by atoms with E-state index in [2.05, 4.69) is 25.1 Å². The van der Waals surface area contributed by atoms with Crippen molar-refractivity contribution in [2.45, 2.75) is 97.5 Å². The number of oxime groups is 1. The Bertz CT molecular complexity index is 1040. The highest BCUT2D eigenvalue weighted by Crippen LogP contribution is 2.65. The first kappa shape index (κ1) is 25.9. The smallest absolute Gasteiger partial charge is 0.373 e. The van der Waals surface area contributed by atoms with Crippen molar-refractivity contribution in [2.24, 2.45) is 33.7 Å². The van der Waals surface area contributed by atoms with Gasteiger partial charge in [-0.2, -0.15) is 0 Å². The molecule has 9 heteroatoms. The van der Waals surface area contributed by atoms with Crippen molar-refractivity contribution in [3.8, 4) is 0 Å². The molecule has 0 bridgehead atoms. The highest BCUT2D eigenvalue weighted by molar-refractivity contribution is 6.01. The van der Waals surface area contributed by atoms with Crippen molar-refractivity contribution in [1.82, 2.24) is 5.06 Å². The largest absolute Gasteiger partial charge is 0.462 e. The number of carbonyl (C=O) groups is 4. The van der Waals surface area contributed by atoms with Gasteiger partial charge in [-0.1, -0.05) is 31.5 Å². The van der Waals surface area contributed by atoms with Gasteiger partial charge in [0.1, 0.15) is 6.10 Å². The summed E-state index contributed by atoms with van der Waals surface area (Å²) in [6.45, 7) is 6.16. The number of esters is 1. The number of amides is 2. The average Bonchev–Trinajstić information content (AvgIpc) is 3.37. The van der Waals surface area contributed by atoms with E-state index in [-0.39, 0.29) is 35.7 Å². The summed E-state index contributed by atoms with van der Waals surface area (Å²) in [5.41, 5.74) is 2.42. The van der Waals surface area contributed by atoms with Crippen molar-refractivity contribution >= 4 is 29.5 Å². The molecule has 202 valence electrons. The number of rotatable bonds is 6. The Morgan fingerprint density at radius 3 is 2.46 bits per heavy atom. The number of nitrogens with zero attached hydrogens (tertiary/aromatic N) is 2. The lowest BCUT2D eigenvalue weighted by molar-refractivity contribution is -0.200. The third-order valence-corrected chi connectivity index (χ3v) is 10.0. The minimum atomic E-state index is -0.827. The quantitative estimate of drug-likeness (QED) is 0.296. The summed E-state index contributed by atoms with van der Waals surface area (Å²) in [6, 6.07) is 0. The number of allylic oxidation sites excluding steroid dienone is 2. The van der Waals surface area contributed by atoms with E-state index in [0.717, 1.165) is 57.1 Å². The predicted octanol–water partition coefficient (Wildman–Crippen LogP) is 4.25. The molecule has 0 spiro atoms. The Labute approximate surface area is 217 Å². The zero-order valence-electron chi connectivity index (χ0n) is 22.1. The molecular weight excluding hydrogens is 476 g/mol. The lowest BCUT2D eigenvalue weighted by atomic mass is 9.47. The average molecular weight is 515 g/mol. The molecule has 1 aliphatic heterocycles. The summed E-state index contributed by atoms with van der Waals surface area (Å²) >= 11 is 0. The number of imide groups is 1. The third kappa shape index (κ3) is 4.59. The van der Waals surface area contributed by atoms with E-state index >= 15 is 0 Å². The monoisotopic (exact) mass is 514 g/mol. The first-order chi connectivity index (χ1) is 17.7. The van der Waals surface area contributed by atoms with Gasteiger partial charge in [0.05, 0.1) is 5.71 Å². The number of hydrogen-bond donors (Lipinski definition) is 0. The lowest BCUT2D eigenvalue weighted by Gasteiger charge is -2.58. The van der Waals surface area contributed by atoms with E-state index in [1.54, 1.807) is 0 Å². The van der Waals surface area contributed by atoms with Gasteiger partial charge in [0, 0.05) is 24.7 Å². The van der Waals surface area contributed by atoms with Gasteiger partial charge in [0.2, 0.25) is 6.61 Å². The van der Waals surface area contributed by atoms with Gasteiger partial charge >= 0.3 is 11.9 Å². The molecule has 4 fully saturated rings. The van der Waals surface area contributed by atoms with Gasteiger partial charge in [-0.15, -0.1) is 5.06 Å². The van der Waals surface area contributed by atoms with Crippen LogP contribution in [0.2, 0.25) is 0 Å². The fraction of sp³-hybridized carbons (Fsp3) is 0.750. The SMILES string of the molecule is CCC(=O)O[C@@H]1CC[C@@H]2[C@H]3CCC4=C/C(=N/OCC(=O)ON5C(=O)CCC5=O)CC[C@]4(C)[C@H]3CC[C@@]21C. The second-order valence-electron chi connectivity index (χ2n) is 11.9. The highest BCUT2D eigenvalue weighted by Gasteiger charge is 2.59. The van der Waals surface area contributed by atoms with Crippen LogP contribution in [-0.2, 0) is 33.6 Å². The van der Waals surface area contributed by atoms with E-state index in [1.807, 2.05) is 6.92 Å². The standard InChI is InChI=1S/C28H38N2O7/c1-4-25(33)36-22-8-7-20-19-6-5-17-15-18(11-13-27(17,2)21(19)12-14-28(20,22)3)29-35-16-26(34)37-30-23(31)9-10-24(30)32/h15,19-22H,4-14,16H2,1-3H3/b29-18+/t19-,20-,21+,22-,27+,28+/m1/s1. The van der Waals surface area contributed by atoms with Crippen molar-refractivity contribution in [3.63, 3.8) is 0 Å². The molecule has 5 aliphatic rings. The van der Waals surface area contributed by atoms with Gasteiger partial charge in [0.25, 0.3) is 11.8 Å². The van der Waals surface area contributed by atoms with Crippen molar-refractivity contribution in [1.29, 1.82) is 0 Å². The van der Waals surface area contributed by atoms with Gasteiger partial charge in [-0.3, -0.25) is 14.4 Å². The number of ether oxygens (including phenoxy) is 1. The van der Waals surface area contributed by atoms with Crippen LogP contribution in [0.3, 0.4) is 0 Å². The van der Waals surface area contributed by atoms with Gasteiger partial charge in [0.15, 0.2) is 0 Å². The number of hydrogen-bond acceptors (Lipinski definition) is 8. The van der Waals surface area contributed by atoms with Crippen molar-refractivity contribution in [3.05, 3.63) is 11.6 Å². The zero-order valence-corrected chi connectivity index (χ0v) is 22.1. The second-order valence-corrected chi connectivity index (χ2v) is 11.9. The maximum Gasteiger partial charge on any atom is 0.373 e. The van der Waals surface area contributed by atoms with E-state index in [4.69, 9.17) is 14.4 Å². The maximum absolute atomic E-state index is 12.0. The predicted molar refractivity (Wildman–Crippen MR) is 132 cm³/mol. The molecule has 6 atom stereocenters. The molecule has 1 heterocycles. The zero-order chi connectivity index (χ0) is 26.4. The molecule has 2 amide bonds. The molecule has 0 aromatic carbocycles. The summed E-state index contributed by atoms with van der Waals surface area (Å²) < 4.78 is 5.91. The first-order valence-corrected chi connectivity index (χ1v) is 13.8. The molecule has 0 aromatic rings. The Morgan fingerprint density at radius 2 is 1.73 bits per heavy atom. The van der Waals surface area contributed by atoms with E-state index in [1.165, 1.54) is 5.57 Å². The van der Waals surface area contributed by atoms with Crippen LogP contribution in [0.15, 0.2) is 16.8 Å². The number of carbonyl (C=O) groups excluding carboxylic acids is 4. The van der Waals surface area contributed by atoms with Gasteiger partial charge in [-0.25, -0.2) is 4.79 Å². The summed E-state index contributed by atoms with van der Waals surface area (Å²) in [4.78, 5) is 57.3. The fourth-order valence-electron chi connectivity index (χ4n) is 7.98. The number of hydroxylamine groups is 2. The van der Waals surface area contributed by atoms with Crippen LogP contribution in [0.4, 0.5) is 0 Å². The van der Waals surface area contributed by atoms with Crippen LogP contribution in [0.25, 0.3) is 0 Å². The minimum absolute atomic E-state index is 0.0475. The molecule has 0 unspecified atom stereocenters. The molecule has 1 saturated heterocycles. The molecule has 9 nitrogen and oxygen atoms in total. The van der Waals surface area contributed by atoms with Gasteiger partial charge < -0.3 is 14.4 Å². The van der Waals surface area contributed by atoms with Crippen molar-refractivity contribution in [2.75, 3.05) is 6.61 Å². The summed E-state index contributed by atoms with van der Waals surface area (Å²) in [7, 11) is 0. The van der Waals surface area contributed by atoms with Crippen LogP contribution < -0.4 is 0 Å². The summed E-state index contributed by atoms with van der Waals surface area (Å²) in [6.07, 6.45) is 11.0. The molecule has 0 N–H and O–H groups in total. The molecule has 37 heavy (non-hydrogen) atoms. The minimum Gasteiger partial charge on any atom is -0.462 e. The van der Waals surface area contributed by atoms with E-state index < -0.39 is 24.4 Å². The van der Waals surface area contributed by atoms with Crippen molar-refractivity contribution < 1.29 is 33.6 Å². The number of fused-ring (bicyclic) bond motifs is 5. The maximum atomic E-state index is 12.0. The van der Waals surface area contributed by atoms with Crippen LogP contribution >= 0.6 is 0 Å². The molecule has 4 aliphatic carbocycles. The van der Waals surface area contributed by atoms with Crippen LogP contribution in [0, 0.1) is 28.6 Å². The molecule has 0 aromatic heterocycles. The fourth-order valence-corrected chi connectivity index (χ4v) is 7.98. The molecule has 3 saturated carbocycles. The second kappa shape index (κ2) is 9.87. The first-order valence-electron chi connectivity index (χ1n) is 13.8. The molecule has 0 radical (unpaired) electrons. The molecule has 5 rings (SSSR count). The summed E-state index contributed by atoms with van der Waals surface area (Å²) in [5, 5.41) is 4.69. The molecular formula is C28H38N2O7. The highest BCUT2D eigenvalue weighted by atomic mass is 16.7. The van der Waals surface area contributed by atoms with E-state index in [0.29, 0.717) is 29.2 Å².